The van der Waals surface area contributed by atoms with Crippen molar-refractivity contribution in [3.05, 3.63) is 174 Å². The summed E-state index contributed by atoms with van der Waals surface area (Å²) in [4.78, 5) is 9.12. The van der Waals surface area contributed by atoms with Crippen molar-refractivity contribution in [1.29, 1.82) is 0 Å². The molecule has 0 aliphatic heterocycles. The van der Waals surface area contributed by atoms with E-state index < -0.39 is 20.3 Å². The molecule has 0 saturated heterocycles. The van der Waals surface area contributed by atoms with E-state index in [-0.39, 0.29) is 25.7 Å². The number of halogens is 1. The van der Waals surface area contributed by atoms with E-state index >= 15 is 0 Å². The van der Waals surface area contributed by atoms with Gasteiger partial charge in [-0.25, -0.2) is 4.39 Å². The van der Waals surface area contributed by atoms with E-state index in [0.717, 1.165) is 32.5 Å². The minimum atomic E-state index is -2.00. The molecule has 0 N–H and O–H groups in total. The molecule has 0 aliphatic carbocycles. The summed E-state index contributed by atoms with van der Waals surface area (Å²) in [6.07, 6.45) is 1.64. The zero-order valence-electron chi connectivity index (χ0n) is 30.8. The summed E-state index contributed by atoms with van der Waals surface area (Å²) in [5.74, 6) is -0.566. The van der Waals surface area contributed by atoms with Gasteiger partial charge in [-0.1, -0.05) is 97.3 Å². The first-order valence-corrected chi connectivity index (χ1v) is 20.9. The van der Waals surface area contributed by atoms with E-state index in [2.05, 4.69) is 103 Å². The van der Waals surface area contributed by atoms with Crippen LogP contribution >= 0.6 is 11.3 Å². The fourth-order valence-electron chi connectivity index (χ4n) is 6.15. The van der Waals surface area contributed by atoms with Crippen LogP contribution in [0.5, 0.6) is 0 Å². The van der Waals surface area contributed by atoms with E-state index in [1.807, 2.05) is 42.5 Å². The second-order valence-electron chi connectivity index (χ2n) is 13.2. The fraction of sp³-hybridized carbons (Fsp3) is 0.111. The van der Waals surface area contributed by atoms with Crippen LogP contribution in [0.2, 0.25) is 19.6 Å². The molecule has 0 saturated carbocycles. The fourth-order valence-corrected chi connectivity index (χ4v) is 9.04. The van der Waals surface area contributed by atoms with Crippen LogP contribution in [0.15, 0.2) is 140 Å². The average Bonchev–Trinajstić information content (AvgIpc) is 3.54. The van der Waals surface area contributed by atoms with Gasteiger partial charge in [0.25, 0.3) is 0 Å². The van der Waals surface area contributed by atoms with Gasteiger partial charge < -0.3 is 9.97 Å². The van der Waals surface area contributed by atoms with Crippen LogP contribution in [0, 0.1) is 24.9 Å². The third kappa shape index (κ3) is 8.16. The quantitative estimate of drug-likeness (QED) is 0.123. The number of aryl methyl sites for hydroxylation is 1. The Kier molecular flexibility index (Phi) is 10.4. The molecule has 51 heavy (non-hydrogen) atoms. The topological polar surface area (TPSA) is 25.8 Å². The van der Waals surface area contributed by atoms with E-state index in [9.17, 15) is 4.39 Å². The van der Waals surface area contributed by atoms with Gasteiger partial charge in [0.15, 0.2) is 0 Å². The van der Waals surface area contributed by atoms with Crippen molar-refractivity contribution in [2.24, 2.45) is 0 Å². The van der Waals surface area contributed by atoms with Crippen LogP contribution in [0.3, 0.4) is 0 Å². The number of fused-ring (bicyclic) bond motifs is 3. The average molecular weight is 879 g/mol. The molecule has 255 valence electrons. The number of hydrogen-bond acceptors (Lipinski definition) is 3. The molecule has 0 fully saturated rings. The predicted molar refractivity (Wildman–Crippen MR) is 212 cm³/mol. The summed E-state index contributed by atoms with van der Waals surface area (Å²) >= 11 is 1.67. The summed E-state index contributed by atoms with van der Waals surface area (Å²) < 4.78 is 33.9. The molecule has 0 spiro atoms. The zero-order valence-corrected chi connectivity index (χ0v) is 33.0. The zero-order chi connectivity index (χ0) is 36.5. The van der Waals surface area contributed by atoms with E-state index in [1.165, 1.54) is 38.5 Å². The van der Waals surface area contributed by atoms with Crippen molar-refractivity contribution in [2.75, 3.05) is 0 Å². The molecular weight excluding hydrogens is 840 g/mol. The summed E-state index contributed by atoms with van der Waals surface area (Å²) in [5.41, 5.74) is 7.56. The minimum Gasteiger partial charge on any atom is -0.305 e. The van der Waals surface area contributed by atoms with E-state index in [1.54, 1.807) is 41.8 Å². The Morgan fingerprint density at radius 3 is 2.27 bits per heavy atom. The van der Waals surface area contributed by atoms with Gasteiger partial charge in [0.2, 0.25) is 0 Å². The van der Waals surface area contributed by atoms with E-state index in [4.69, 9.17) is 2.74 Å². The van der Waals surface area contributed by atoms with Gasteiger partial charge in [0.1, 0.15) is 5.82 Å². The number of pyridine rings is 2. The van der Waals surface area contributed by atoms with Crippen LogP contribution in [0.1, 0.15) is 19.4 Å². The normalized spacial score (nSPS) is 12.0. The van der Waals surface area contributed by atoms with Gasteiger partial charge >= 0.3 is 0 Å². The molecule has 8 aromatic rings. The van der Waals surface area contributed by atoms with Crippen LogP contribution in [0.4, 0.5) is 4.39 Å². The Bertz CT molecular complexity index is 2520. The SMILES string of the molecule is Cc1cc(-c2[c-]cccc2)ncc1[Si](C)(C)C.[2H]C([2H])(c1ccnc(-c2[c-]ccc3c2sc2ccc(-c4ccccc4)cc23)c1)c1ccccc1F.[Ir]. The predicted octanol–water partition coefficient (Wildman–Crippen LogP) is 11.7. The molecule has 3 heterocycles. The Morgan fingerprint density at radius 2 is 1.53 bits per heavy atom. The monoisotopic (exact) mass is 879 g/mol. The maximum Gasteiger partial charge on any atom is 0.126 e. The summed E-state index contributed by atoms with van der Waals surface area (Å²) in [7, 11) is -1.27. The molecule has 1 radical (unpaired) electrons. The van der Waals surface area contributed by atoms with Crippen molar-refractivity contribution in [1.82, 2.24) is 9.97 Å². The van der Waals surface area contributed by atoms with Gasteiger partial charge in [-0.05, 0) is 86.5 Å². The molecule has 0 amide bonds. The van der Waals surface area contributed by atoms with Crippen molar-refractivity contribution in [2.45, 2.75) is 32.9 Å². The first-order chi connectivity index (χ1) is 25.0. The maximum absolute atomic E-state index is 14.4. The Hall–Kier alpha value is -4.58. The molecule has 5 aromatic carbocycles. The molecule has 0 unspecified atom stereocenters. The molecule has 8 rings (SSSR count). The van der Waals surface area contributed by atoms with E-state index in [0.29, 0.717) is 11.3 Å². The van der Waals surface area contributed by atoms with Gasteiger partial charge in [0, 0.05) is 39.9 Å². The first kappa shape index (κ1) is 33.6. The number of hydrogen-bond donors (Lipinski definition) is 0. The number of thiophene rings is 1. The number of aromatic nitrogens is 2. The largest absolute Gasteiger partial charge is 0.305 e. The third-order valence-electron chi connectivity index (χ3n) is 8.61. The van der Waals surface area contributed by atoms with Gasteiger partial charge in [-0.3, -0.25) is 0 Å². The molecule has 0 aliphatic rings. The summed E-state index contributed by atoms with van der Waals surface area (Å²) in [6.45, 7) is 9.24. The van der Waals surface area contributed by atoms with Crippen molar-refractivity contribution >= 4 is 44.8 Å². The minimum absolute atomic E-state index is 0. The third-order valence-corrected chi connectivity index (χ3v) is 12.0. The molecule has 0 bridgehead atoms. The smallest absolute Gasteiger partial charge is 0.126 e. The Balaban J connectivity index is 0.000000226. The molecule has 6 heteroatoms. The molecule has 3 aromatic heterocycles. The molecule has 0 atom stereocenters. The molecule has 2 nitrogen and oxygen atoms in total. The van der Waals surface area contributed by atoms with Crippen LogP contribution in [0.25, 0.3) is 53.8 Å². The molecular formula is C45H37FIrN2SSi-2. The van der Waals surface area contributed by atoms with Crippen LogP contribution < -0.4 is 5.19 Å². The maximum atomic E-state index is 14.4. The summed E-state index contributed by atoms with van der Waals surface area (Å²) in [5, 5.41) is 3.72. The number of nitrogens with zero attached hydrogens (tertiary/aromatic N) is 2. The second kappa shape index (κ2) is 15.8. The Labute approximate surface area is 321 Å². The van der Waals surface area contributed by atoms with Crippen molar-refractivity contribution in [3.8, 4) is 33.6 Å². The van der Waals surface area contributed by atoms with Gasteiger partial charge in [-0.15, -0.1) is 59.7 Å². The van der Waals surface area contributed by atoms with Crippen molar-refractivity contribution < 1.29 is 27.2 Å². The Morgan fingerprint density at radius 1 is 0.745 bits per heavy atom. The first-order valence-electron chi connectivity index (χ1n) is 17.6. The van der Waals surface area contributed by atoms with Crippen LogP contribution in [-0.2, 0) is 26.5 Å². The summed E-state index contributed by atoms with van der Waals surface area (Å²) in [6, 6.07) is 46.7. The van der Waals surface area contributed by atoms with Crippen LogP contribution in [-0.4, -0.2) is 18.0 Å². The number of rotatable bonds is 6. The standard InChI is InChI=1S/C30H19FNS.C15H18NSi.Ir/c31-27-12-5-4-9-23(27)17-20-15-16-32-28(18-20)25-11-6-10-24-26-19-22(21-7-2-1-3-8-21)13-14-29(26)33-30(24)25;1-12-10-14(13-8-6-5-7-9-13)16-11-15(12)17(2,3)4;/h1-10,12-16,18-19H,17H2;5-8,10-11H,1-4H3;/q2*-1;/i17D2;;. The second-order valence-corrected chi connectivity index (χ2v) is 19.3. The van der Waals surface area contributed by atoms with Crippen molar-refractivity contribution in [3.63, 3.8) is 0 Å². The van der Waals surface area contributed by atoms with Gasteiger partial charge in [0.05, 0.1) is 8.07 Å². The number of benzene rings is 5. The van der Waals surface area contributed by atoms with Gasteiger partial charge in [-0.2, -0.15) is 11.3 Å².